The Morgan fingerprint density at radius 3 is 2.16 bits per heavy atom. The number of carbonyl (C=O) groups is 1. The van der Waals surface area contributed by atoms with E-state index < -0.39 is 0 Å². The second-order valence-corrected chi connectivity index (χ2v) is 8.37. The zero-order chi connectivity index (χ0) is 22.5. The monoisotopic (exact) mass is 428 g/mol. The first-order valence-corrected chi connectivity index (χ1v) is 11.6. The fourth-order valence-electron chi connectivity index (χ4n) is 4.36. The minimum Gasteiger partial charge on any atom is -0.353 e. The predicted octanol–water partition coefficient (Wildman–Crippen LogP) is 4.46. The van der Waals surface area contributed by atoms with E-state index in [-0.39, 0.29) is 5.91 Å². The van der Waals surface area contributed by atoms with E-state index >= 15 is 0 Å². The van der Waals surface area contributed by atoms with Crippen molar-refractivity contribution in [2.45, 2.75) is 40.0 Å². The maximum absolute atomic E-state index is 13.0. The van der Waals surface area contributed by atoms with E-state index in [0.29, 0.717) is 13.1 Å². The number of benzene rings is 2. The molecule has 1 aromatic heterocycles. The maximum atomic E-state index is 13.0. The summed E-state index contributed by atoms with van der Waals surface area (Å²) < 4.78 is 0. The number of carbonyl (C=O) groups excluding carboxylic acids is 1. The highest BCUT2D eigenvalue weighted by Gasteiger charge is 2.25. The van der Waals surface area contributed by atoms with E-state index in [1.54, 1.807) is 0 Å². The highest BCUT2D eigenvalue weighted by atomic mass is 16.2. The molecule has 5 heteroatoms. The molecule has 0 aliphatic carbocycles. The number of hydrogen-bond acceptors (Lipinski definition) is 4. The Labute approximate surface area is 191 Å². The molecule has 0 saturated carbocycles. The zero-order valence-corrected chi connectivity index (χ0v) is 19.3. The van der Waals surface area contributed by atoms with E-state index in [1.807, 2.05) is 30.0 Å². The third kappa shape index (κ3) is 4.82. The highest BCUT2D eigenvalue weighted by molar-refractivity contribution is 5.94. The summed E-state index contributed by atoms with van der Waals surface area (Å²) in [7, 11) is 0. The van der Waals surface area contributed by atoms with Crippen molar-refractivity contribution in [2.24, 2.45) is 0 Å². The summed E-state index contributed by atoms with van der Waals surface area (Å²) in [6.07, 6.45) is 2.68. The van der Waals surface area contributed by atoms with Gasteiger partial charge in [-0.1, -0.05) is 56.3 Å². The van der Waals surface area contributed by atoms with Gasteiger partial charge in [-0.05, 0) is 43.0 Å². The van der Waals surface area contributed by atoms with Gasteiger partial charge in [0, 0.05) is 49.4 Å². The third-order valence-electron chi connectivity index (χ3n) is 6.22. The third-order valence-corrected chi connectivity index (χ3v) is 6.22. The van der Waals surface area contributed by atoms with Crippen LogP contribution in [0.3, 0.4) is 0 Å². The van der Waals surface area contributed by atoms with Crippen LogP contribution in [0.25, 0.3) is 0 Å². The second-order valence-electron chi connectivity index (χ2n) is 8.37. The lowest BCUT2D eigenvalue weighted by Crippen LogP contribution is -2.49. The molecular formula is C27H32N4O. The SMILES string of the molecule is CCc1ccc(C(=O)N2CCN(c3nc(C)nc(CC)c3Cc3ccccc3)CC2)cc1. The Morgan fingerprint density at radius 1 is 0.844 bits per heavy atom. The molecule has 32 heavy (non-hydrogen) atoms. The van der Waals surface area contributed by atoms with Gasteiger partial charge in [-0.2, -0.15) is 0 Å². The van der Waals surface area contributed by atoms with Crippen molar-refractivity contribution in [1.82, 2.24) is 14.9 Å². The van der Waals surface area contributed by atoms with Crippen LogP contribution >= 0.6 is 0 Å². The molecule has 5 nitrogen and oxygen atoms in total. The number of amides is 1. The molecule has 4 rings (SSSR count). The van der Waals surface area contributed by atoms with Crippen LogP contribution in [0.5, 0.6) is 0 Å². The molecule has 1 aliphatic rings. The highest BCUT2D eigenvalue weighted by Crippen LogP contribution is 2.26. The number of nitrogens with zero attached hydrogens (tertiary/aromatic N) is 4. The normalized spacial score (nSPS) is 14.0. The molecule has 3 aromatic rings. The standard InChI is InChI=1S/C27H32N4O/c1-4-21-11-13-23(14-12-21)27(32)31-17-15-30(16-18-31)26-24(19-22-9-7-6-8-10-22)25(5-2)28-20(3)29-26/h6-14H,4-5,15-19H2,1-3H3. The summed E-state index contributed by atoms with van der Waals surface area (Å²) in [4.78, 5) is 26.9. The van der Waals surface area contributed by atoms with Gasteiger partial charge >= 0.3 is 0 Å². The molecule has 0 spiro atoms. The van der Waals surface area contributed by atoms with Gasteiger partial charge in [0.05, 0.1) is 0 Å². The lowest BCUT2D eigenvalue weighted by atomic mass is 10.0. The van der Waals surface area contributed by atoms with Gasteiger partial charge in [-0.3, -0.25) is 4.79 Å². The second kappa shape index (κ2) is 9.94. The molecule has 166 valence electrons. The lowest BCUT2D eigenvalue weighted by molar-refractivity contribution is 0.0746. The van der Waals surface area contributed by atoms with Crippen LogP contribution in [0.4, 0.5) is 5.82 Å². The molecule has 0 atom stereocenters. The number of anilines is 1. The van der Waals surface area contributed by atoms with E-state index in [1.165, 1.54) is 16.7 Å². The molecule has 0 N–H and O–H groups in total. The molecule has 1 amide bonds. The van der Waals surface area contributed by atoms with Crippen LogP contribution in [-0.2, 0) is 19.3 Å². The minimum absolute atomic E-state index is 0.116. The largest absolute Gasteiger partial charge is 0.353 e. The van der Waals surface area contributed by atoms with Crippen molar-refractivity contribution in [3.63, 3.8) is 0 Å². The molecule has 0 unspecified atom stereocenters. The molecule has 0 radical (unpaired) electrons. The molecule has 1 fully saturated rings. The maximum Gasteiger partial charge on any atom is 0.253 e. The number of aromatic nitrogens is 2. The topological polar surface area (TPSA) is 49.3 Å². The quantitative estimate of drug-likeness (QED) is 0.582. The van der Waals surface area contributed by atoms with Crippen molar-refractivity contribution in [3.8, 4) is 0 Å². The smallest absolute Gasteiger partial charge is 0.253 e. The van der Waals surface area contributed by atoms with Crippen LogP contribution in [0.15, 0.2) is 54.6 Å². The van der Waals surface area contributed by atoms with E-state index in [4.69, 9.17) is 9.97 Å². The Bertz CT molecular complexity index is 1060. The summed E-state index contributed by atoms with van der Waals surface area (Å²) in [5.74, 6) is 1.95. The summed E-state index contributed by atoms with van der Waals surface area (Å²) >= 11 is 0. The average Bonchev–Trinajstić information content (AvgIpc) is 2.85. The molecule has 0 bridgehead atoms. The fourth-order valence-corrected chi connectivity index (χ4v) is 4.36. The number of piperazine rings is 1. The Balaban J connectivity index is 1.52. The van der Waals surface area contributed by atoms with E-state index in [2.05, 4.69) is 55.1 Å². The van der Waals surface area contributed by atoms with Gasteiger partial charge in [0.1, 0.15) is 11.6 Å². The molecular weight excluding hydrogens is 396 g/mol. The Morgan fingerprint density at radius 2 is 1.53 bits per heavy atom. The Hall–Kier alpha value is -3.21. The molecule has 2 aromatic carbocycles. The average molecular weight is 429 g/mol. The van der Waals surface area contributed by atoms with Gasteiger partial charge in [0.25, 0.3) is 5.91 Å². The first-order valence-electron chi connectivity index (χ1n) is 11.6. The van der Waals surface area contributed by atoms with Crippen LogP contribution in [0.2, 0.25) is 0 Å². The molecule has 2 heterocycles. The summed E-state index contributed by atoms with van der Waals surface area (Å²) in [5.41, 5.74) is 5.61. The fraction of sp³-hybridized carbons (Fsp3) is 0.370. The van der Waals surface area contributed by atoms with E-state index in [9.17, 15) is 4.79 Å². The van der Waals surface area contributed by atoms with Gasteiger partial charge in [-0.15, -0.1) is 0 Å². The van der Waals surface area contributed by atoms with Gasteiger partial charge in [-0.25, -0.2) is 9.97 Å². The predicted molar refractivity (Wildman–Crippen MR) is 129 cm³/mol. The summed E-state index contributed by atoms with van der Waals surface area (Å²) in [6.45, 7) is 9.20. The van der Waals surface area contributed by atoms with Crippen LogP contribution in [-0.4, -0.2) is 47.0 Å². The number of aryl methyl sites for hydroxylation is 3. The summed E-state index contributed by atoms with van der Waals surface area (Å²) in [5, 5.41) is 0. The molecule has 1 aliphatic heterocycles. The first kappa shape index (κ1) is 22.0. The van der Waals surface area contributed by atoms with Crippen molar-refractivity contribution in [1.29, 1.82) is 0 Å². The van der Waals surface area contributed by atoms with Crippen molar-refractivity contribution >= 4 is 11.7 Å². The zero-order valence-electron chi connectivity index (χ0n) is 19.3. The van der Waals surface area contributed by atoms with Crippen LogP contribution in [0.1, 0.15) is 52.4 Å². The minimum atomic E-state index is 0.116. The number of rotatable bonds is 6. The summed E-state index contributed by atoms with van der Waals surface area (Å²) in [6, 6.07) is 18.5. The lowest BCUT2D eigenvalue weighted by Gasteiger charge is -2.36. The number of hydrogen-bond donors (Lipinski definition) is 0. The van der Waals surface area contributed by atoms with E-state index in [0.717, 1.165) is 55.3 Å². The van der Waals surface area contributed by atoms with Crippen molar-refractivity contribution in [3.05, 3.63) is 88.4 Å². The van der Waals surface area contributed by atoms with Crippen LogP contribution < -0.4 is 4.90 Å². The van der Waals surface area contributed by atoms with Crippen molar-refractivity contribution in [2.75, 3.05) is 31.1 Å². The van der Waals surface area contributed by atoms with Gasteiger partial charge in [0.15, 0.2) is 0 Å². The first-order chi connectivity index (χ1) is 15.6. The van der Waals surface area contributed by atoms with Crippen LogP contribution in [0, 0.1) is 6.92 Å². The molecule has 1 saturated heterocycles. The Kier molecular flexibility index (Phi) is 6.84. The van der Waals surface area contributed by atoms with Gasteiger partial charge < -0.3 is 9.80 Å². The van der Waals surface area contributed by atoms with Gasteiger partial charge in [0.2, 0.25) is 0 Å². The van der Waals surface area contributed by atoms with Crippen molar-refractivity contribution < 1.29 is 4.79 Å².